The standard InChI is InChI=1S/C45H34N4O/c1-45(34-14-8-5-9-15-34)37-17-11-10-16-35(37)36-24-22-33(26-38(36)45)43-46-39(30-12-6-4-7-13-30)28-40(47-43)31-20-18-29(19-21-31)32-23-25-41-42(27-32)49(3)44(50)48(41)2/h4-28H,1-3H3. The molecule has 0 radical (unpaired) electrons. The van der Waals surface area contributed by atoms with Gasteiger partial charge in [0, 0.05) is 36.2 Å². The highest BCUT2D eigenvalue weighted by atomic mass is 16.1. The first-order chi connectivity index (χ1) is 24.4. The molecule has 2 aromatic heterocycles. The lowest BCUT2D eigenvalue weighted by molar-refractivity contribution is 0.714. The zero-order chi connectivity index (χ0) is 34.0. The SMILES string of the molecule is Cn1c(=O)n(C)c2cc(-c3ccc(-c4cc(-c5ccccc5)nc(-c5ccc6c(c5)C(C)(c5ccccc5)c5ccccc5-6)n4)cc3)ccc21. The molecule has 5 nitrogen and oxygen atoms in total. The van der Waals surface area contributed by atoms with E-state index in [9.17, 15) is 4.79 Å². The van der Waals surface area contributed by atoms with Crippen molar-refractivity contribution in [2.24, 2.45) is 14.1 Å². The van der Waals surface area contributed by atoms with Gasteiger partial charge in [-0.1, -0.05) is 127 Å². The van der Waals surface area contributed by atoms with E-state index in [1.54, 1.807) is 9.13 Å². The average molecular weight is 647 g/mol. The molecule has 8 aromatic rings. The molecule has 1 aliphatic rings. The van der Waals surface area contributed by atoms with E-state index >= 15 is 0 Å². The number of aromatic nitrogens is 4. The van der Waals surface area contributed by atoms with E-state index in [0.717, 1.165) is 50.2 Å². The van der Waals surface area contributed by atoms with Gasteiger partial charge in [0.2, 0.25) is 0 Å². The van der Waals surface area contributed by atoms with Crippen LogP contribution in [0.5, 0.6) is 0 Å². The molecule has 0 N–H and O–H groups in total. The number of aryl methyl sites for hydroxylation is 2. The molecule has 1 atom stereocenters. The molecule has 0 saturated heterocycles. The van der Waals surface area contributed by atoms with Gasteiger partial charge in [0.15, 0.2) is 5.82 Å². The van der Waals surface area contributed by atoms with Gasteiger partial charge in [-0.15, -0.1) is 0 Å². The van der Waals surface area contributed by atoms with Crippen LogP contribution in [0.4, 0.5) is 0 Å². The Kier molecular flexibility index (Phi) is 6.78. The van der Waals surface area contributed by atoms with Gasteiger partial charge in [-0.25, -0.2) is 14.8 Å². The Morgan fingerprint density at radius 3 is 1.78 bits per heavy atom. The maximum atomic E-state index is 12.5. The van der Waals surface area contributed by atoms with Crippen LogP contribution in [-0.4, -0.2) is 19.1 Å². The van der Waals surface area contributed by atoms with E-state index in [0.29, 0.717) is 5.82 Å². The van der Waals surface area contributed by atoms with Gasteiger partial charge < -0.3 is 0 Å². The maximum absolute atomic E-state index is 12.5. The van der Waals surface area contributed by atoms with Crippen LogP contribution in [0.1, 0.15) is 23.6 Å². The van der Waals surface area contributed by atoms with E-state index in [2.05, 4.69) is 134 Å². The lowest BCUT2D eigenvalue weighted by Gasteiger charge is -2.28. The monoisotopic (exact) mass is 646 g/mol. The Morgan fingerprint density at radius 2 is 1.04 bits per heavy atom. The summed E-state index contributed by atoms with van der Waals surface area (Å²) in [5, 5.41) is 0. The third-order valence-corrected chi connectivity index (χ3v) is 10.5. The second-order valence-electron chi connectivity index (χ2n) is 13.3. The van der Waals surface area contributed by atoms with Gasteiger partial charge in [0.25, 0.3) is 0 Å². The third-order valence-electron chi connectivity index (χ3n) is 10.5. The van der Waals surface area contributed by atoms with Crippen LogP contribution in [0.25, 0.3) is 67.2 Å². The van der Waals surface area contributed by atoms with Crippen LogP contribution in [-0.2, 0) is 19.5 Å². The van der Waals surface area contributed by atoms with Crippen molar-refractivity contribution in [2.75, 3.05) is 0 Å². The molecule has 9 rings (SSSR count). The number of rotatable bonds is 5. The topological polar surface area (TPSA) is 52.7 Å². The number of benzene rings is 6. The van der Waals surface area contributed by atoms with Gasteiger partial charge in [-0.3, -0.25) is 9.13 Å². The van der Waals surface area contributed by atoms with Crippen molar-refractivity contribution < 1.29 is 0 Å². The van der Waals surface area contributed by atoms with Crippen molar-refractivity contribution in [1.29, 1.82) is 0 Å². The zero-order valence-corrected chi connectivity index (χ0v) is 28.1. The number of fused-ring (bicyclic) bond motifs is 4. The average Bonchev–Trinajstić information content (AvgIpc) is 3.57. The lowest BCUT2D eigenvalue weighted by atomic mass is 9.74. The van der Waals surface area contributed by atoms with Crippen molar-refractivity contribution in [1.82, 2.24) is 19.1 Å². The molecule has 0 spiro atoms. The molecule has 1 unspecified atom stereocenters. The fourth-order valence-corrected chi connectivity index (χ4v) is 7.71. The Labute approximate surface area is 290 Å². The van der Waals surface area contributed by atoms with E-state index in [-0.39, 0.29) is 11.1 Å². The molecule has 50 heavy (non-hydrogen) atoms. The molecule has 0 bridgehead atoms. The molecular formula is C45H34N4O. The van der Waals surface area contributed by atoms with Gasteiger partial charge in [-0.2, -0.15) is 0 Å². The molecule has 5 heteroatoms. The fourth-order valence-electron chi connectivity index (χ4n) is 7.71. The lowest BCUT2D eigenvalue weighted by Crippen LogP contribution is -2.22. The van der Waals surface area contributed by atoms with Crippen LogP contribution < -0.4 is 5.69 Å². The first kappa shape index (κ1) is 29.8. The van der Waals surface area contributed by atoms with Crippen molar-refractivity contribution in [3.8, 4) is 56.2 Å². The van der Waals surface area contributed by atoms with E-state index in [1.807, 2.05) is 38.4 Å². The molecule has 6 aromatic carbocycles. The van der Waals surface area contributed by atoms with Crippen LogP contribution >= 0.6 is 0 Å². The van der Waals surface area contributed by atoms with Crippen LogP contribution in [0.3, 0.4) is 0 Å². The summed E-state index contributed by atoms with van der Waals surface area (Å²) < 4.78 is 3.38. The van der Waals surface area contributed by atoms with Crippen molar-refractivity contribution >= 4 is 11.0 Å². The molecule has 0 aliphatic heterocycles. The quantitative estimate of drug-likeness (QED) is 0.187. The summed E-state index contributed by atoms with van der Waals surface area (Å²) in [5.74, 6) is 0.690. The molecule has 0 fully saturated rings. The molecular weight excluding hydrogens is 613 g/mol. The predicted molar refractivity (Wildman–Crippen MR) is 203 cm³/mol. The first-order valence-corrected chi connectivity index (χ1v) is 16.9. The van der Waals surface area contributed by atoms with Crippen molar-refractivity contribution in [2.45, 2.75) is 12.3 Å². The minimum atomic E-state index is -0.312. The van der Waals surface area contributed by atoms with Crippen molar-refractivity contribution in [3.05, 3.63) is 179 Å². The highest BCUT2D eigenvalue weighted by Gasteiger charge is 2.40. The largest absolute Gasteiger partial charge is 0.328 e. The number of hydrogen-bond donors (Lipinski definition) is 0. The first-order valence-electron chi connectivity index (χ1n) is 16.9. The molecule has 240 valence electrons. The second-order valence-corrected chi connectivity index (χ2v) is 13.3. The highest BCUT2D eigenvalue weighted by Crippen LogP contribution is 2.53. The molecule has 0 amide bonds. The van der Waals surface area contributed by atoms with Gasteiger partial charge >= 0.3 is 5.69 Å². The van der Waals surface area contributed by atoms with E-state index in [1.165, 1.54) is 27.8 Å². The minimum Gasteiger partial charge on any atom is -0.295 e. The summed E-state index contributed by atoms with van der Waals surface area (Å²) in [4.78, 5) is 22.9. The minimum absolute atomic E-state index is 0.0288. The summed E-state index contributed by atoms with van der Waals surface area (Å²) in [7, 11) is 3.62. The maximum Gasteiger partial charge on any atom is 0.328 e. The summed E-state index contributed by atoms with van der Waals surface area (Å²) >= 11 is 0. The van der Waals surface area contributed by atoms with Crippen LogP contribution in [0, 0.1) is 0 Å². The summed E-state index contributed by atoms with van der Waals surface area (Å²) in [6.07, 6.45) is 0. The predicted octanol–water partition coefficient (Wildman–Crippen LogP) is 9.67. The fraction of sp³-hybridized carbons (Fsp3) is 0.0889. The number of nitrogens with zero attached hydrogens (tertiary/aromatic N) is 4. The van der Waals surface area contributed by atoms with Crippen LogP contribution in [0.2, 0.25) is 0 Å². The molecule has 0 saturated carbocycles. The molecule has 1 aliphatic carbocycles. The number of imidazole rings is 1. The zero-order valence-electron chi connectivity index (χ0n) is 28.1. The Bertz CT molecular complexity index is 2640. The third kappa shape index (κ3) is 4.58. The summed E-state index contributed by atoms with van der Waals surface area (Å²) in [6, 6.07) is 53.3. The highest BCUT2D eigenvalue weighted by molar-refractivity contribution is 5.86. The van der Waals surface area contributed by atoms with Gasteiger partial charge in [0.1, 0.15) is 0 Å². The smallest absolute Gasteiger partial charge is 0.295 e. The number of hydrogen-bond acceptors (Lipinski definition) is 3. The Hall–Kier alpha value is -6.33. The van der Waals surface area contributed by atoms with Gasteiger partial charge in [-0.05, 0) is 70.1 Å². The summed E-state index contributed by atoms with van der Waals surface area (Å²) in [5.41, 5.74) is 14.7. The molecule has 2 heterocycles. The Balaban J connectivity index is 1.16. The summed E-state index contributed by atoms with van der Waals surface area (Å²) in [6.45, 7) is 2.33. The van der Waals surface area contributed by atoms with E-state index in [4.69, 9.17) is 9.97 Å². The van der Waals surface area contributed by atoms with E-state index < -0.39 is 0 Å². The van der Waals surface area contributed by atoms with Crippen LogP contribution in [0.15, 0.2) is 156 Å². The second kappa shape index (κ2) is 11.4. The van der Waals surface area contributed by atoms with Gasteiger partial charge in [0.05, 0.1) is 22.4 Å². The van der Waals surface area contributed by atoms with Crippen molar-refractivity contribution in [3.63, 3.8) is 0 Å². The Morgan fingerprint density at radius 1 is 0.480 bits per heavy atom. The normalized spacial score (nSPS) is 14.9.